The van der Waals surface area contributed by atoms with Crippen LogP contribution in [0.5, 0.6) is 0 Å². The summed E-state index contributed by atoms with van der Waals surface area (Å²) in [5.41, 5.74) is 1.16. The number of amides is 1. The Morgan fingerprint density at radius 1 is 1.04 bits per heavy atom. The van der Waals surface area contributed by atoms with E-state index in [0.717, 1.165) is 17.7 Å². The fraction of sp³-hybridized carbons (Fsp3) is 0.350. The first-order chi connectivity index (χ1) is 13.4. The quantitative estimate of drug-likeness (QED) is 0.777. The number of carbonyl (C=O) groups excluding carboxylic acids is 1. The Balaban J connectivity index is 1.52. The van der Waals surface area contributed by atoms with Gasteiger partial charge >= 0.3 is 0 Å². The Morgan fingerprint density at radius 3 is 2.25 bits per heavy atom. The van der Waals surface area contributed by atoms with Gasteiger partial charge in [-0.25, -0.2) is 12.8 Å². The third kappa shape index (κ3) is 4.76. The molecule has 2 aromatic rings. The minimum absolute atomic E-state index is 0.00149. The summed E-state index contributed by atoms with van der Waals surface area (Å²) in [5.74, 6) is -0.475. The van der Waals surface area contributed by atoms with Crippen LogP contribution < -0.4 is 5.32 Å². The number of hydrogen-bond donors (Lipinski definition) is 1. The SMILES string of the molecule is C[C@H]([NH2+]CC(=O)N1CCN(S(=O)(=O)c2ccc(F)cc2)CC1)c1ccccc1. The van der Waals surface area contributed by atoms with Gasteiger partial charge in [-0.05, 0) is 31.2 Å². The van der Waals surface area contributed by atoms with Crippen LogP contribution in [-0.4, -0.2) is 56.3 Å². The van der Waals surface area contributed by atoms with Gasteiger partial charge in [0.1, 0.15) is 11.9 Å². The average molecular weight is 407 g/mol. The highest BCUT2D eigenvalue weighted by atomic mass is 32.2. The minimum atomic E-state index is -3.67. The highest BCUT2D eigenvalue weighted by Gasteiger charge is 2.30. The molecule has 1 aliphatic rings. The van der Waals surface area contributed by atoms with Crippen LogP contribution in [0, 0.1) is 5.82 Å². The molecule has 0 saturated carbocycles. The van der Waals surface area contributed by atoms with Gasteiger partial charge in [0.05, 0.1) is 4.90 Å². The Morgan fingerprint density at radius 2 is 1.64 bits per heavy atom. The van der Waals surface area contributed by atoms with Crippen molar-refractivity contribution in [1.29, 1.82) is 0 Å². The van der Waals surface area contributed by atoms with Gasteiger partial charge in [0, 0.05) is 31.7 Å². The molecule has 0 radical (unpaired) electrons. The first-order valence-electron chi connectivity index (χ1n) is 9.29. The molecule has 8 heteroatoms. The van der Waals surface area contributed by atoms with E-state index >= 15 is 0 Å². The summed E-state index contributed by atoms with van der Waals surface area (Å²) >= 11 is 0. The van der Waals surface area contributed by atoms with Crippen molar-refractivity contribution >= 4 is 15.9 Å². The molecule has 3 rings (SSSR count). The van der Waals surface area contributed by atoms with Crippen molar-refractivity contribution in [3.05, 3.63) is 66.0 Å². The molecule has 1 fully saturated rings. The number of rotatable bonds is 6. The summed E-state index contributed by atoms with van der Waals surface area (Å²) in [5, 5.41) is 1.99. The molecule has 1 aliphatic heterocycles. The number of halogens is 1. The second-order valence-electron chi connectivity index (χ2n) is 6.88. The van der Waals surface area contributed by atoms with Crippen LogP contribution in [0.1, 0.15) is 18.5 Å². The maximum atomic E-state index is 13.0. The van der Waals surface area contributed by atoms with E-state index in [1.807, 2.05) is 35.6 Å². The van der Waals surface area contributed by atoms with E-state index in [-0.39, 0.29) is 29.9 Å². The number of quaternary nitrogens is 1. The van der Waals surface area contributed by atoms with Crippen LogP contribution in [0.25, 0.3) is 0 Å². The molecule has 150 valence electrons. The van der Waals surface area contributed by atoms with Crippen LogP contribution in [0.15, 0.2) is 59.5 Å². The van der Waals surface area contributed by atoms with Gasteiger partial charge in [-0.2, -0.15) is 4.31 Å². The number of sulfonamides is 1. The van der Waals surface area contributed by atoms with Gasteiger partial charge in [0.25, 0.3) is 5.91 Å². The summed E-state index contributed by atoms with van der Waals surface area (Å²) in [6.07, 6.45) is 0. The lowest BCUT2D eigenvalue weighted by Gasteiger charge is -2.33. The second kappa shape index (κ2) is 8.81. The van der Waals surface area contributed by atoms with Gasteiger partial charge < -0.3 is 10.2 Å². The Labute approximate surface area is 165 Å². The maximum Gasteiger partial charge on any atom is 0.277 e. The zero-order valence-electron chi connectivity index (χ0n) is 15.8. The van der Waals surface area contributed by atoms with Crippen molar-refractivity contribution in [2.45, 2.75) is 17.9 Å². The largest absolute Gasteiger partial charge is 0.335 e. The summed E-state index contributed by atoms with van der Waals surface area (Å²) in [6, 6.07) is 14.9. The molecule has 1 heterocycles. The molecular weight excluding hydrogens is 381 g/mol. The molecule has 0 unspecified atom stereocenters. The van der Waals surface area contributed by atoms with E-state index in [0.29, 0.717) is 19.6 Å². The molecule has 6 nitrogen and oxygen atoms in total. The number of hydrogen-bond acceptors (Lipinski definition) is 3. The lowest BCUT2D eigenvalue weighted by molar-refractivity contribution is -0.683. The number of carbonyl (C=O) groups is 1. The highest BCUT2D eigenvalue weighted by molar-refractivity contribution is 7.89. The van der Waals surface area contributed by atoms with Crippen LogP contribution in [0.2, 0.25) is 0 Å². The van der Waals surface area contributed by atoms with E-state index in [4.69, 9.17) is 0 Å². The van der Waals surface area contributed by atoms with Crippen LogP contribution in [0.3, 0.4) is 0 Å². The van der Waals surface area contributed by atoms with E-state index in [1.54, 1.807) is 4.90 Å². The number of piperazine rings is 1. The topological polar surface area (TPSA) is 74.3 Å². The molecule has 0 aliphatic carbocycles. The van der Waals surface area contributed by atoms with Crippen molar-refractivity contribution < 1.29 is 22.9 Å². The van der Waals surface area contributed by atoms with Crippen molar-refractivity contribution in [2.24, 2.45) is 0 Å². The summed E-state index contributed by atoms with van der Waals surface area (Å²) in [7, 11) is -3.67. The van der Waals surface area contributed by atoms with Gasteiger partial charge in [0.15, 0.2) is 6.54 Å². The van der Waals surface area contributed by atoms with Crippen molar-refractivity contribution in [2.75, 3.05) is 32.7 Å². The Bertz CT molecular complexity index is 896. The van der Waals surface area contributed by atoms with Crippen LogP contribution in [0.4, 0.5) is 4.39 Å². The lowest BCUT2D eigenvalue weighted by Crippen LogP contribution is -2.87. The molecule has 2 aromatic carbocycles. The highest BCUT2D eigenvalue weighted by Crippen LogP contribution is 2.18. The average Bonchev–Trinajstić information content (AvgIpc) is 2.73. The van der Waals surface area contributed by atoms with Crippen molar-refractivity contribution in [1.82, 2.24) is 9.21 Å². The standard InChI is InChI=1S/C20H24FN3O3S/c1-16(17-5-3-2-4-6-17)22-15-20(25)23-11-13-24(14-12-23)28(26,27)19-9-7-18(21)8-10-19/h2-10,16,22H,11-15H2,1H3/p+1/t16-/m0/s1. The normalized spacial score (nSPS) is 16.7. The van der Waals surface area contributed by atoms with Gasteiger partial charge in [0.2, 0.25) is 10.0 Å². The molecule has 28 heavy (non-hydrogen) atoms. The van der Waals surface area contributed by atoms with Gasteiger partial charge in [-0.15, -0.1) is 0 Å². The monoisotopic (exact) mass is 406 g/mol. The molecular formula is C20H25FN3O3S+. The lowest BCUT2D eigenvalue weighted by atomic mass is 10.1. The number of nitrogens with two attached hydrogens (primary N) is 1. The van der Waals surface area contributed by atoms with Crippen molar-refractivity contribution in [3.8, 4) is 0 Å². The van der Waals surface area contributed by atoms with E-state index in [1.165, 1.54) is 16.4 Å². The predicted octanol–water partition coefficient (Wildman–Crippen LogP) is 0.983. The smallest absolute Gasteiger partial charge is 0.277 e. The summed E-state index contributed by atoms with van der Waals surface area (Å²) in [4.78, 5) is 14.3. The molecule has 2 N–H and O–H groups in total. The van der Waals surface area contributed by atoms with E-state index in [9.17, 15) is 17.6 Å². The minimum Gasteiger partial charge on any atom is -0.335 e. The Hall–Kier alpha value is -2.29. The second-order valence-corrected chi connectivity index (χ2v) is 8.82. The summed E-state index contributed by atoms with van der Waals surface area (Å²) < 4.78 is 39.7. The molecule has 0 spiro atoms. The molecule has 1 amide bonds. The zero-order chi connectivity index (χ0) is 20.1. The third-order valence-corrected chi connectivity index (χ3v) is 6.93. The molecule has 1 saturated heterocycles. The fourth-order valence-electron chi connectivity index (χ4n) is 3.23. The molecule has 0 aromatic heterocycles. The van der Waals surface area contributed by atoms with Crippen LogP contribution >= 0.6 is 0 Å². The Kier molecular flexibility index (Phi) is 6.43. The third-order valence-electron chi connectivity index (χ3n) is 5.01. The molecule has 0 bridgehead atoms. The first-order valence-corrected chi connectivity index (χ1v) is 10.7. The van der Waals surface area contributed by atoms with Crippen molar-refractivity contribution in [3.63, 3.8) is 0 Å². The maximum absolute atomic E-state index is 13.0. The van der Waals surface area contributed by atoms with Crippen LogP contribution in [-0.2, 0) is 14.8 Å². The first kappa shape index (κ1) is 20.4. The van der Waals surface area contributed by atoms with E-state index in [2.05, 4.69) is 6.92 Å². The number of nitrogens with zero attached hydrogens (tertiary/aromatic N) is 2. The summed E-state index contributed by atoms with van der Waals surface area (Å²) in [6.45, 7) is 3.55. The molecule has 1 atom stereocenters. The van der Waals surface area contributed by atoms with Gasteiger partial charge in [-0.3, -0.25) is 4.79 Å². The predicted molar refractivity (Wildman–Crippen MR) is 103 cm³/mol. The zero-order valence-corrected chi connectivity index (χ0v) is 16.6. The fourth-order valence-corrected chi connectivity index (χ4v) is 4.66. The van der Waals surface area contributed by atoms with Gasteiger partial charge in [-0.1, -0.05) is 30.3 Å². The van der Waals surface area contributed by atoms with E-state index < -0.39 is 15.8 Å². The number of benzene rings is 2.